The number of hydrogen-bond acceptors (Lipinski definition) is 4. The van der Waals surface area contributed by atoms with E-state index in [4.69, 9.17) is 16.3 Å². The van der Waals surface area contributed by atoms with Crippen LogP contribution < -0.4 is 10.1 Å². The van der Waals surface area contributed by atoms with Crippen LogP contribution in [0.15, 0.2) is 18.2 Å². The largest absolute Gasteiger partial charge is 0.484 e. The number of ketones is 1. The summed E-state index contributed by atoms with van der Waals surface area (Å²) in [6.45, 7) is -0.319. The van der Waals surface area contributed by atoms with Crippen LogP contribution in [0.5, 0.6) is 5.75 Å². The van der Waals surface area contributed by atoms with Crippen molar-refractivity contribution in [3.05, 3.63) is 29.0 Å². The van der Waals surface area contributed by atoms with E-state index in [0.717, 1.165) is 6.07 Å². The molecule has 3 saturated carbocycles. The first-order valence-electron chi connectivity index (χ1n) is 7.47. The minimum absolute atomic E-state index is 0.0248. The average Bonchev–Trinajstić information content (AvgIpc) is 2.50. The van der Waals surface area contributed by atoms with Crippen LogP contribution in [0.25, 0.3) is 0 Å². The summed E-state index contributed by atoms with van der Waals surface area (Å²) >= 11 is 5.57. The number of carbonyl (C=O) groups excluding carboxylic acids is 2. The average molecular weight is 342 g/mol. The fourth-order valence-electron chi connectivity index (χ4n) is 3.28. The monoisotopic (exact) mass is 341 g/mol. The minimum atomic E-state index is -0.902. The fourth-order valence-corrected chi connectivity index (χ4v) is 3.40. The van der Waals surface area contributed by atoms with Gasteiger partial charge in [-0.3, -0.25) is 9.59 Å². The first-order valence-corrected chi connectivity index (χ1v) is 7.84. The Labute approximate surface area is 137 Å². The van der Waals surface area contributed by atoms with Gasteiger partial charge in [0.15, 0.2) is 12.4 Å². The van der Waals surface area contributed by atoms with E-state index >= 15 is 0 Å². The standard InChI is InChI=1S/C16H17ClFNO4/c17-11-2-1-10(7-12(11)18)23-9-14(21)19-16-5-3-15(22,4-6-16)8-13(16)20/h1-2,7,22H,3-6,8-9H2,(H,19,21). The summed E-state index contributed by atoms with van der Waals surface area (Å²) < 4.78 is 18.5. The molecule has 7 heteroatoms. The number of Topliss-reactive ketones (excluding diaryl/α,β-unsaturated/α-hetero) is 1. The van der Waals surface area contributed by atoms with E-state index in [0.29, 0.717) is 25.7 Å². The first kappa shape index (κ1) is 16.2. The van der Waals surface area contributed by atoms with Crippen LogP contribution in [-0.4, -0.2) is 34.5 Å². The molecular weight excluding hydrogens is 325 g/mol. The van der Waals surface area contributed by atoms with Gasteiger partial charge in [-0.25, -0.2) is 4.39 Å². The van der Waals surface area contributed by atoms with Crippen molar-refractivity contribution in [3.63, 3.8) is 0 Å². The molecule has 0 heterocycles. The Morgan fingerprint density at radius 3 is 2.65 bits per heavy atom. The van der Waals surface area contributed by atoms with Crippen LogP contribution in [0.1, 0.15) is 32.1 Å². The van der Waals surface area contributed by atoms with E-state index < -0.39 is 22.9 Å². The number of carbonyl (C=O) groups is 2. The van der Waals surface area contributed by atoms with Gasteiger partial charge in [0.1, 0.15) is 11.6 Å². The summed E-state index contributed by atoms with van der Waals surface area (Å²) in [7, 11) is 0. The number of benzene rings is 1. The van der Waals surface area contributed by atoms with Gasteiger partial charge in [0.05, 0.1) is 16.2 Å². The highest BCUT2D eigenvalue weighted by Crippen LogP contribution is 2.44. The molecule has 0 saturated heterocycles. The van der Waals surface area contributed by atoms with Crippen LogP contribution in [0.3, 0.4) is 0 Å². The Morgan fingerprint density at radius 1 is 1.35 bits per heavy atom. The second-order valence-corrected chi connectivity index (χ2v) is 6.73. The van der Waals surface area contributed by atoms with Crippen LogP contribution in [0, 0.1) is 5.82 Å². The minimum Gasteiger partial charge on any atom is -0.484 e. The maximum absolute atomic E-state index is 13.3. The number of amides is 1. The Bertz CT molecular complexity index is 655. The number of ether oxygens (including phenoxy) is 1. The van der Waals surface area contributed by atoms with E-state index in [9.17, 15) is 19.1 Å². The fraction of sp³-hybridized carbons (Fsp3) is 0.500. The van der Waals surface area contributed by atoms with Crippen LogP contribution >= 0.6 is 11.6 Å². The zero-order valence-electron chi connectivity index (χ0n) is 12.4. The topological polar surface area (TPSA) is 75.6 Å². The molecule has 4 rings (SSSR count). The van der Waals surface area contributed by atoms with E-state index in [2.05, 4.69) is 5.32 Å². The van der Waals surface area contributed by atoms with Crippen molar-refractivity contribution in [2.45, 2.75) is 43.2 Å². The number of rotatable bonds is 4. The molecule has 5 nitrogen and oxygen atoms in total. The van der Waals surface area contributed by atoms with Gasteiger partial charge in [0.25, 0.3) is 5.91 Å². The number of aliphatic hydroxyl groups is 1. The lowest BCUT2D eigenvalue weighted by Crippen LogP contribution is -2.65. The maximum atomic E-state index is 13.3. The molecule has 1 aromatic carbocycles. The highest BCUT2D eigenvalue weighted by atomic mass is 35.5. The van der Waals surface area contributed by atoms with Gasteiger partial charge in [-0.15, -0.1) is 0 Å². The maximum Gasteiger partial charge on any atom is 0.258 e. The molecule has 0 aliphatic heterocycles. The van der Waals surface area contributed by atoms with Crippen molar-refractivity contribution < 1.29 is 23.8 Å². The van der Waals surface area contributed by atoms with Crippen LogP contribution in [0.4, 0.5) is 4.39 Å². The van der Waals surface area contributed by atoms with Gasteiger partial charge < -0.3 is 15.2 Å². The van der Waals surface area contributed by atoms with Crippen molar-refractivity contribution in [1.29, 1.82) is 0 Å². The summed E-state index contributed by atoms with van der Waals surface area (Å²) in [5, 5.41) is 12.8. The van der Waals surface area contributed by atoms with Crippen molar-refractivity contribution in [3.8, 4) is 5.75 Å². The predicted molar refractivity (Wildman–Crippen MR) is 80.8 cm³/mol. The lowest BCUT2D eigenvalue weighted by Gasteiger charge is -2.49. The van der Waals surface area contributed by atoms with Gasteiger partial charge in [0, 0.05) is 12.5 Å². The van der Waals surface area contributed by atoms with E-state index in [1.807, 2.05) is 0 Å². The van der Waals surface area contributed by atoms with E-state index in [-0.39, 0.29) is 29.6 Å². The first-order chi connectivity index (χ1) is 10.8. The zero-order chi connectivity index (χ0) is 16.7. The summed E-state index contributed by atoms with van der Waals surface area (Å²) in [5.74, 6) is -1.02. The van der Waals surface area contributed by atoms with Gasteiger partial charge in [-0.2, -0.15) is 0 Å². The number of hydrogen-bond donors (Lipinski definition) is 2. The van der Waals surface area contributed by atoms with Crippen molar-refractivity contribution in [1.82, 2.24) is 5.32 Å². The molecule has 2 bridgehead atoms. The van der Waals surface area contributed by atoms with Crippen LogP contribution in [0.2, 0.25) is 5.02 Å². The number of halogens is 2. The highest BCUT2D eigenvalue weighted by Gasteiger charge is 2.54. The molecule has 3 aliphatic carbocycles. The third kappa shape index (κ3) is 3.19. The van der Waals surface area contributed by atoms with Crippen LogP contribution in [-0.2, 0) is 9.59 Å². The lowest BCUT2D eigenvalue weighted by atomic mass is 9.62. The Hall–Kier alpha value is -1.66. The third-order valence-corrected chi connectivity index (χ3v) is 5.00. The quantitative estimate of drug-likeness (QED) is 0.878. The third-order valence-electron chi connectivity index (χ3n) is 4.70. The molecule has 1 aromatic rings. The lowest BCUT2D eigenvalue weighted by molar-refractivity contribution is -0.151. The Balaban J connectivity index is 1.59. The molecule has 3 fully saturated rings. The Morgan fingerprint density at radius 2 is 2.04 bits per heavy atom. The van der Waals surface area contributed by atoms with Crippen molar-refractivity contribution in [2.75, 3.05) is 6.61 Å². The Kier molecular flexibility index (Phi) is 4.06. The molecular formula is C16H17ClFNO4. The molecule has 0 unspecified atom stereocenters. The molecule has 3 aliphatic rings. The molecule has 124 valence electrons. The second kappa shape index (κ2) is 5.76. The molecule has 23 heavy (non-hydrogen) atoms. The van der Waals surface area contributed by atoms with E-state index in [1.54, 1.807) is 0 Å². The highest BCUT2D eigenvalue weighted by molar-refractivity contribution is 6.30. The molecule has 0 aromatic heterocycles. The molecule has 2 N–H and O–H groups in total. The SMILES string of the molecule is O=C(COc1ccc(Cl)c(F)c1)NC12CCC(O)(CC1)CC2=O. The molecule has 0 atom stereocenters. The van der Waals surface area contributed by atoms with Gasteiger partial charge in [-0.1, -0.05) is 11.6 Å². The molecule has 0 spiro atoms. The summed E-state index contributed by atoms with van der Waals surface area (Å²) in [4.78, 5) is 24.3. The normalized spacial score (nSPS) is 29.4. The smallest absolute Gasteiger partial charge is 0.258 e. The molecule has 0 radical (unpaired) electrons. The second-order valence-electron chi connectivity index (χ2n) is 6.32. The van der Waals surface area contributed by atoms with Crippen molar-refractivity contribution in [2.24, 2.45) is 0 Å². The number of fused-ring (bicyclic) bond motifs is 3. The zero-order valence-corrected chi connectivity index (χ0v) is 13.2. The summed E-state index contributed by atoms with van der Waals surface area (Å²) in [6.07, 6.45) is 1.95. The predicted octanol–water partition coefficient (Wildman–Crippen LogP) is 1.99. The molecule has 1 amide bonds. The van der Waals surface area contributed by atoms with Gasteiger partial charge in [-0.05, 0) is 37.8 Å². The van der Waals surface area contributed by atoms with Crippen molar-refractivity contribution >= 4 is 23.3 Å². The summed E-state index contributed by atoms with van der Waals surface area (Å²) in [5.41, 5.74) is -1.79. The van der Waals surface area contributed by atoms with E-state index in [1.165, 1.54) is 12.1 Å². The van der Waals surface area contributed by atoms with Gasteiger partial charge >= 0.3 is 0 Å². The summed E-state index contributed by atoms with van der Waals surface area (Å²) in [6, 6.07) is 3.90. The van der Waals surface area contributed by atoms with Gasteiger partial charge in [0.2, 0.25) is 0 Å². The number of nitrogens with one attached hydrogen (secondary N) is 1.